The molecule has 0 saturated heterocycles. The van der Waals surface area contributed by atoms with E-state index in [4.69, 9.17) is 14.6 Å². The lowest BCUT2D eigenvalue weighted by molar-refractivity contribution is -0.0191. The summed E-state index contributed by atoms with van der Waals surface area (Å²) >= 11 is 3.58. The van der Waals surface area contributed by atoms with E-state index in [2.05, 4.69) is 22.0 Å². The first-order valence-electron chi connectivity index (χ1n) is 10.3. The summed E-state index contributed by atoms with van der Waals surface area (Å²) in [4.78, 5) is 0. The number of fused-ring (bicyclic) bond motifs is 3. The van der Waals surface area contributed by atoms with Gasteiger partial charge in [0, 0.05) is 22.0 Å². The smallest absolute Gasteiger partial charge is 0.213 e. The van der Waals surface area contributed by atoms with Gasteiger partial charge in [-0.1, -0.05) is 28.1 Å². The number of hydrogen-bond acceptors (Lipinski definition) is 4. The van der Waals surface area contributed by atoms with Crippen molar-refractivity contribution in [3.63, 3.8) is 0 Å². The van der Waals surface area contributed by atoms with Crippen molar-refractivity contribution in [1.82, 2.24) is 5.01 Å². The molecule has 2 atom stereocenters. The molecular weight excluding hydrogens is 459 g/mol. The predicted molar refractivity (Wildman–Crippen MR) is 122 cm³/mol. The number of hydrazone groups is 1. The van der Waals surface area contributed by atoms with E-state index in [1.807, 2.05) is 55.3 Å². The Labute approximate surface area is 189 Å². The van der Waals surface area contributed by atoms with Crippen LogP contribution in [0.4, 0.5) is 4.39 Å². The summed E-state index contributed by atoms with van der Waals surface area (Å²) in [6, 6.07) is 20.6. The summed E-state index contributed by atoms with van der Waals surface area (Å²) in [5.41, 5.74) is 4.00. The molecule has 0 fully saturated rings. The SMILES string of the molecule is CC(C)Oc1ccc(C2=NN3[C@@H](c4ccc(F)cc4)Oc4ccc(Br)cc4[C@@H]3C2)cc1. The van der Waals surface area contributed by atoms with Gasteiger partial charge in [0.15, 0.2) is 0 Å². The molecule has 4 nitrogen and oxygen atoms in total. The van der Waals surface area contributed by atoms with Gasteiger partial charge in [-0.25, -0.2) is 9.40 Å². The Morgan fingerprint density at radius 1 is 1.06 bits per heavy atom. The molecule has 31 heavy (non-hydrogen) atoms. The van der Waals surface area contributed by atoms with Gasteiger partial charge in [0.25, 0.3) is 0 Å². The third-order valence-electron chi connectivity index (χ3n) is 5.47. The Kier molecular flexibility index (Phi) is 5.18. The van der Waals surface area contributed by atoms with E-state index < -0.39 is 6.23 Å². The lowest BCUT2D eigenvalue weighted by Gasteiger charge is -2.38. The fraction of sp³-hybridized carbons (Fsp3) is 0.240. The average Bonchev–Trinajstić information content (AvgIpc) is 3.20. The minimum absolute atomic E-state index is 0.0397. The number of hydrogen-bond donors (Lipinski definition) is 0. The molecule has 158 valence electrons. The van der Waals surface area contributed by atoms with E-state index in [9.17, 15) is 4.39 Å². The van der Waals surface area contributed by atoms with Crippen molar-refractivity contribution in [2.24, 2.45) is 5.10 Å². The maximum atomic E-state index is 13.5. The van der Waals surface area contributed by atoms with Crippen LogP contribution < -0.4 is 9.47 Å². The van der Waals surface area contributed by atoms with Crippen LogP contribution in [-0.2, 0) is 0 Å². The molecule has 0 bridgehead atoms. The third-order valence-corrected chi connectivity index (χ3v) is 5.96. The van der Waals surface area contributed by atoms with Crippen LogP contribution in [0.1, 0.15) is 49.2 Å². The van der Waals surface area contributed by atoms with Gasteiger partial charge < -0.3 is 9.47 Å². The van der Waals surface area contributed by atoms with Gasteiger partial charge in [-0.15, -0.1) is 0 Å². The van der Waals surface area contributed by atoms with Crippen molar-refractivity contribution in [2.45, 2.75) is 38.6 Å². The van der Waals surface area contributed by atoms with E-state index in [0.717, 1.165) is 44.8 Å². The molecule has 0 amide bonds. The van der Waals surface area contributed by atoms with Gasteiger partial charge in [0.05, 0.1) is 17.9 Å². The van der Waals surface area contributed by atoms with Crippen LogP contribution in [0.3, 0.4) is 0 Å². The first-order valence-corrected chi connectivity index (χ1v) is 11.1. The van der Waals surface area contributed by atoms with Crippen molar-refractivity contribution in [1.29, 1.82) is 0 Å². The minimum Gasteiger partial charge on any atom is -0.491 e. The molecule has 3 aromatic rings. The molecule has 2 heterocycles. The van der Waals surface area contributed by atoms with Crippen LogP contribution in [0.2, 0.25) is 0 Å². The molecule has 0 aliphatic carbocycles. The molecule has 2 aliphatic rings. The Bertz CT molecular complexity index is 1130. The highest BCUT2D eigenvalue weighted by atomic mass is 79.9. The van der Waals surface area contributed by atoms with Crippen LogP contribution in [0.25, 0.3) is 0 Å². The zero-order valence-corrected chi connectivity index (χ0v) is 18.8. The largest absolute Gasteiger partial charge is 0.491 e. The molecule has 3 aromatic carbocycles. The second kappa shape index (κ2) is 8.00. The zero-order chi connectivity index (χ0) is 21.5. The Morgan fingerprint density at radius 3 is 2.52 bits per heavy atom. The van der Waals surface area contributed by atoms with Crippen molar-refractivity contribution >= 4 is 21.6 Å². The van der Waals surface area contributed by atoms with Crippen molar-refractivity contribution in [2.75, 3.05) is 0 Å². The molecule has 0 radical (unpaired) electrons. The highest BCUT2D eigenvalue weighted by Gasteiger charge is 2.41. The van der Waals surface area contributed by atoms with E-state index in [1.165, 1.54) is 12.1 Å². The summed E-state index contributed by atoms with van der Waals surface area (Å²) in [5, 5.41) is 6.95. The van der Waals surface area contributed by atoms with Crippen LogP contribution in [0.5, 0.6) is 11.5 Å². The number of ether oxygens (including phenoxy) is 2. The van der Waals surface area contributed by atoms with Gasteiger partial charge in [0.1, 0.15) is 17.3 Å². The lowest BCUT2D eigenvalue weighted by atomic mass is 9.96. The fourth-order valence-electron chi connectivity index (χ4n) is 4.08. The van der Waals surface area contributed by atoms with E-state index in [-0.39, 0.29) is 18.0 Å². The molecule has 0 spiro atoms. The lowest BCUT2D eigenvalue weighted by Crippen LogP contribution is -2.33. The summed E-state index contributed by atoms with van der Waals surface area (Å²) in [5.74, 6) is 1.41. The highest BCUT2D eigenvalue weighted by Crippen LogP contribution is 2.48. The molecule has 0 unspecified atom stereocenters. The van der Waals surface area contributed by atoms with Crippen LogP contribution in [0.15, 0.2) is 76.3 Å². The monoisotopic (exact) mass is 480 g/mol. The second-order valence-corrected chi connectivity index (χ2v) is 8.96. The Hall–Kier alpha value is -2.86. The number of halogens is 2. The van der Waals surface area contributed by atoms with Crippen molar-refractivity contribution < 1.29 is 13.9 Å². The zero-order valence-electron chi connectivity index (χ0n) is 17.3. The topological polar surface area (TPSA) is 34.1 Å². The summed E-state index contributed by atoms with van der Waals surface area (Å²) < 4.78 is 26.6. The molecule has 2 aliphatic heterocycles. The average molecular weight is 481 g/mol. The molecule has 0 aromatic heterocycles. The summed E-state index contributed by atoms with van der Waals surface area (Å²) in [6.07, 6.45) is 0.474. The molecule has 6 heteroatoms. The first-order chi connectivity index (χ1) is 15.0. The maximum absolute atomic E-state index is 13.5. The van der Waals surface area contributed by atoms with Gasteiger partial charge >= 0.3 is 0 Å². The van der Waals surface area contributed by atoms with E-state index in [1.54, 1.807) is 12.1 Å². The van der Waals surface area contributed by atoms with Gasteiger partial charge in [-0.3, -0.25) is 0 Å². The maximum Gasteiger partial charge on any atom is 0.213 e. The minimum atomic E-state index is -0.416. The fourth-order valence-corrected chi connectivity index (χ4v) is 4.46. The van der Waals surface area contributed by atoms with E-state index in [0.29, 0.717) is 0 Å². The number of benzene rings is 3. The van der Waals surface area contributed by atoms with Crippen molar-refractivity contribution in [3.05, 3.63) is 93.7 Å². The van der Waals surface area contributed by atoms with Crippen LogP contribution in [-0.4, -0.2) is 16.8 Å². The first kappa shape index (κ1) is 20.1. The molecule has 0 N–H and O–H groups in total. The van der Waals surface area contributed by atoms with E-state index >= 15 is 0 Å². The van der Waals surface area contributed by atoms with Crippen LogP contribution in [0, 0.1) is 5.82 Å². The standard InChI is InChI=1S/C25H22BrFN2O2/c1-15(2)30-20-10-5-16(6-11-20)22-14-23-21-13-18(26)7-12-24(21)31-25(29(23)28-22)17-3-8-19(27)9-4-17/h3-13,15,23,25H,14H2,1-2H3/t23-,25+/m0/s1. The van der Waals surface area contributed by atoms with Crippen LogP contribution >= 0.6 is 15.9 Å². The summed E-state index contributed by atoms with van der Waals surface area (Å²) in [6.45, 7) is 4.02. The number of nitrogens with zero attached hydrogens (tertiary/aromatic N) is 2. The quantitative estimate of drug-likeness (QED) is 0.420. The normalized spacial score (nSPS) is 19.5. The Morgan fingerprint density at radius 2 is 1.81 bits per heavy atom. The van der Waals surface area contributed by atoms with Gasteiger partial charge in [0.2, 0.25) is 6.23 Å². The predicted octanol–water partition coefficient (Wildman–Crippen LogP) is 6.62. The third kappa shape index (κ3) is 3.92. The summed E-state index contributed by atoms with van der Waals surface area (Å²) in [7, 11) is 0. The molecular formula is C25H22BrFN2O2. The Balaban J connectivity index is 1.52. The highest BCUT2D eigenvalue weighted by molar-refractivity contribution is 9.10. The van der Waals surface area contributed by atoms with Crippen molar-refractivity contribution in [3.8, 4) is 11.5 Å². The molecule has 0 saturated carbocycles. The van der Waals surface area contributed by atoms with Gasteiger partial charge in [-0.2, -0.15) is 5.10 Å². The number of rotatable bonds is 4. The second-order valence-electron chi connectivity index (χ2n) is 8.04. The molecule has 5 rings (SSSR count). The van der Waals surface area contributed by atoms with Gasteiger partial charge in [-0.05, 0) is 74.0 Å².